The van der Waals surface area contributed by atoms with E-state index in [4.69, 9.17) is 43.9 Å². The summed E-state index contributed by atoms with van der Waals surface area (Å²) >= 11 is 17.9. The smallest absolute Gasteiger partial charge is 0.343 e. The summed E-state index contributed by atoms with van der Waals surface area (Å²) in [5.41, 5.74) is 0. The minimum atomic E-state index is -3.74. The SMILES string of the molecule is CCOP(=O)(OCC)C1(CCl)CNC(=O)C1(Cl)Cl. The number of nitrogens with one attached hydrogen (secondary N) is 1. The highest BCUT2D eigenvalue weighted by Gasteiger charge is 2.70. The molecule has 0 saturated carbocycles. The second kappa shape index (κ2) is 5.86. The lowest BCUT2D eigenvalue weighted by Crippen LogP contribution is -2.49. The number of carbonyl (C=O) groups excluding carboxylic acids is 1. The zero-order valence-corrected chi connectivity index (χ0v) is 13.2. The van der Waals surface area contributed by atoms with E-state index < -0.39 is 23.0 Å². The van der Waals surface area contributed by atoms with Crippen LogP contribution in [0.2, 0.25) is 0 Å². The molecule has 0 aromatic heterocycles. The van der Waals surface area contributed by atoms with Crippen molar-refractivity contribution in [3.8, 4) is 0 Å². The first-order valence-electron chi connectivity index (χ1n) is 5.42. The van der Waals surface area contributed by atoms with Gasteiger partial charge in [-0.25, -0.2) is 0 Å². The number of hydrogen-bond acceptors (Lipinski definition) is 4. The van der Waals surface area contributed by atoms with Crippen LogP contribution in [0.25, 0.3) is 0 Å². The second-order valence-electron chi connectivity index (χ2n) is 3.76. The fraction of sp³-hybridized carbons (Fsp3) is 0.889. The number of carbonyl (C=O) groups is 1. The Hall–Kier alpha value is 0.490. The molecule has 106 valence electrons. The molecule has 1 saturated heterocycles. The molecular weight excluding hydrogens is 323 g/mol. The van der Waals surface area contributed by atoms with E-state index in [1.54, 1.807) is 13.8 Å². The first kappa shape index (κ1) is 16.5. The van der Waals surface area contributed by atoms with Crippen molar-refractivity contribution in [1.82, 2.24) is 5.32 Å². The summed E-state index contributed by atoms with van der Waals surface area (Å²) in [6.45, 7) is 3.52. The molecule has 0 bridgehead atoms. The summed E-state index contributed by atoms with van der Waals surface area (Å²) in [4.78, 5) is 11.7. The molecule has 5 nitrogen and oxygen atoms in total. The average molecular weight is 339 g/mol. The Labute approximate surface area is 121 Å². The van der Waals surface area contributed by atoms with Crippen molar-refractivity contribution < 1.29 is 18.4 Å². The Morgan fingerprint density at radius 1 is 1.33 bits per heavy atom. The van der Waals surface area contributed by atoms with Gasteiger partial charge in [-0.05, 0) is 13.8 Å². The zero-order valence-electron chi connectivity index (χ0n) is 10.0. The third kappa shape index (κ3) is 2.30. The monoisotopic (exact) mass is 337 g/mol. The van der Waals surface area contributed by atoms with Gasteiger partial charge in [0.15, 0.2) is 0 Å². The number of amides is 1. The van der Waals surface area contributed by atoms with Crippen molar-refractivity contribution in [2.24, 2.45) is 0 Å². The van der Waals surface area contributed by atoms with Gasteiger partial charge in [0, 0.05) is 12.4 Å². The molecule has 1 heterocycles. The summed E-state index contributed by atoms with van der Waals surface area (Å²) in [5, 5.41) is 0.962. The van der Waals surface area contributed by atoms with E-state index in [1.807, 2.05) is 0 Å². The van der Waals surface area contributed by atoms with Gasteiger partial charge in [0.2, 0.25) is 4.33 Å². The zero-order chi connectivity index (χ0) is 14.0. The van der Waals surface area contributed by atoms with E-state index in [0.717, 1.165) is 0 Å². The van der Waals surface area contributed by atoms with Gasteiger partial charge < -0.3 is 14.4 Å². The van der Waals surface area contributed by atoms with Gasteiger partial charge in [-0.2, -0.15) is 0 Å². The van der Waals surface area contributed by atoms with Crippen molar-refractivity contribution in [3.63, 3.8) is 0 Å². The number of alkyl halides is 3. The van der Waals surface area contributed by atoms with Crippen LogP contribution in [0.5, 0.6) is 0 Å². The highest BCUT2D eigenvalue weighted by Crippen LogP contribution is 2.68. The van der Waals surface area contributed by atoms with Gasteiger partial charge >= 0.3 is 7.60 Å². The Balaban J connectivity index is 3.29. The Kier molecular flexibility index (Phi) is 5.39. The van der Waals surface area contributed by atoms with Crippen molar-refractivity contribution in [1.29, 1.82) is 0 Å². The van der Waals surface area contributed by atoms with E-state index in [9.17, 15) is 9.36 Å². The third-order valence-corrected chi connectivity index (χ3v) is 7.62. The molecule has 0 aromatic rings. The van der Waals surface area contributed by atoms with Gasteiger partial charge in [0.25, 0.3) is 5.91 Å². The summed E-state index contributed by atoms with van der Waals surface area (Å²) < 4.78 is 21.3. The largest absolute Gasteiger partial charge is 0.352 e. The van der Waals surface area contributed by atoms with Crippen LogP contribution in [0.1, 0.15) is 13.8 Å². The van der Waals surface area contributed by atoms with Crippen LogP contribution in [-0.2, 0) is 18.4 Å². The van der Waals surface area contributed by atoms with Crippen molar-refractivity contribution in [2.45, 2.75) is 23.3 Å². The summed E-state index contributed by atoms with van der Waals surface area (Å²) in [5.74, 6) is -0.873. The lowest BCUT2D eigenvalue weighted by atomic mass is 10.1. The van der Waals surface area contributed by atoms with Crippen LogP contribution in [0.4, 0.5) is 0 Å². The maximum atomic E-state index is 12.8. The molecule has 0 spiro atoms. The summed E-state index contributed by atoms with van der Waals surface area (Å²) in [6, 6.07) is 0. The Morgan fingerprint density at radius 2 is 1.83 bits per heavy atom. The molecule has 1 N–H and O–H groups in total. The molecule has 1 aliphatic heterocycles. The number of rotatable bonds is 6. The van der Waals surface area contributed by atoms with Crippen LogP contribution in [0.3, 0.4) is 0 Å². The maximum Gasteiger partial charge on any atom is 0.343 e. The van der Waals surface area contributed by atoms with Crippen molar-refractivity contribution in [2.75, 3.05) is 25.6 Å². The van der Waals surface area contributed by atoms with E-state index in [-0.39, 0.29) is 25.6 Å². The second-order valence-corrected chi connectivity index (χ2v) is 7.72. The quantitative estimate of drug-likeness (QED) is 0.597. The molecule has 0 aliphatic carbocycles. The van der Waals surface area contributed by atoms with Crippen LogP contribution < -0.4 is 5.32 Å². The predicted molar refractivity (Wildman–Crippen MR) is 71.8 cm³/mol. The lowest BCUT2D eigenvalue weighted by molar-refractivity contribution is -0.119. The van der Waals surface area contributed by atoms with Gasteiger partial charge in [-0.15, -0.1) is 11.6 Å². The van der Waals surface area contributed by atoms with Crippen molar-refractivity contribution >= 4 is 48.3 Å². The van der Waals surface area contributed by atoms with E-state index in [1.165, 1.54) is 0 Å². The molecule has 1 aliphatic rings. The first-order valence-corrected chi connectivity index (χ1v) is 8.26. The molecule has 9 heteroatoms. The minimum Gasteiger partial charge on any atom is -0.352 e. The predicted octanol–water partition coefficient (Wildman–Crippen LogP) is 2.53. The summed E-state index contributed by atoms with van der Waals surface area (Å²) in [7, 11) is -3.74. The molecule has 0 radical (unpaired) electrons. The minimum absolute atomic E-state index is 0.0559. The molecular formula is C9H15Cl3NO4P. The van der Waals surface area contributed by atoms with Gasteiger partial charge in [-0.3, -0.25) is 9.36 Å². The third-order valence-electron chi connectivity index (χ3n) is 2.75. The molecule has 1 fully saturated rings. The highest BCUT2D eigenvalue weighted by atomic mass is 35.5. The van der Waals surface area contributed by atoms with Gasteiger partial charge in [-0.1, -0.05) is 23.2 Å². The fourth-order valence-corrected chi connectivity index (χ4v) is 5.76. The molecule has 0 aromatic carbocycles. The lowest BCUT2D eigenvalue weighted by Gasteiger charge is -2.38. The van der Waals surface area contributed by atoms with Gasteiger partial charge in [0.05, 0.1) is 13.2 Å². The molecule has 1 atom stereocenters. The number of halogens is 3. The van der Waals surface area contributed by atoms with Crippen LogP contribution in [-0.4, -0.2) is 41.0 Å². The van der Waals surface area contributed by atoms with E-state index in [2.05, 4.69) is 5.32 Å². The standard InChI is InChI=1S/C9H15Cl3NO4P/c1-3-16-18(15,17-4-2)8(5-10)6-13-7(14)9(8,11)12/h3-6H2,1-2H3,(H,13,14). The molecule has 18 heavy (non-hydrogen) atoms. The molecule has 1 unspecified atom stereocenters. The number of hydrogen-bond donors (Lipinski definition) is 1. The molecule has 1 rings (SSSR count). The van der Waals surface area contributed by atoms with Crippen LogP contribution in [0, 0.1) is 0 Å². The fourth-order valence-electron chi connectivity index (χ4n) is 1.76. The maximum absolute atomic E-state index is 12.8. The van der Waals surface area contributed by atoms with Gasteiger partial charge in [0.1, 0.15) is 5.16 Å². The highest BCUT2D eigenvalue weighted by molar-refractivity contribution is 7.56. The Morgan fingerprint density at radius 3 is 2.11 bits per heavy atom. The molecule has 1 amide bonds. The van der Waals surface area contributed by atoms with E-state index in [0.29, 0.717) is 0 Å². The Bertz CT molecular complexity index is 369. The van der Waals surface area contributed by atoms with Crippen LogP contribution in [0.15, 0.2) is 0 Å². The first-order chi connectivity index (χ1) is 8.31. The topological polar surface area (TPSA) is 64.6 Å². The normalized spacial score (nSPS) is 27.3. The summed E-state index contributed by atoms with van der Waals surface area (Å²) in [6.07, 6.45) is 0. The average Bonchev–Trinajstić information content (AvgIpc) is 2.52. The van der Waals surface area contributed by atoms with Crippen molar-refractivity contribution in [3.05, 3.63) is 0 Å². The van der Waals surface area contributed by atoms with Crippen LogP contribution >= 0.6 is 42.4 Å². The van der Waals surface area contributed by atoms with E-state index >= 15 is 0 Å².